The van der Waals surface area contributed by atoms with Gasteiger partial charge >= 0.3 is 0 Å². The van der Waals surface area contributed by atoms with Gasteiger partial charge in [0.05, 0.1) is 6.04 Å². The van der Waals surface area contributed by atoms with Crippen molar-refractivity contribution in [1.29, 1.82) is 0 Å². The summed E-state index contributed by atoms with van der Waals surface area (Å²) in [4.78, 5) is 12.6. The lowest BCUT2D eigenvalue weighted by molar-refractivity contribution is 0.0931. The Morgan fingerprint density at radius 2 is 1.82 bits per heavy atom. The minimum absolute atomic E-state index is 0.0703. The minimum Gasteiger partial charge on any atom is -0.454 e. The van der Waals surface area contributed by atoms with Crippen molar-refractivity contribution in [2.45, 2.75) is 18.9 Å². The van der Waals surface area contributed by atoms with E-state index in [9.17, 15) is 4.79 Å². The fraction of sp³-hybridized carbons (Fsp3) is 0.278. The second-order valence-corrected chi connectivity index (χ2v) is 5.77. The third-order valence-corrected chi connectivity index (χ3v) is 4.17. The van der Waals surface area contributed by atoms with Crippen LogP contribution in [0.3, 0.4) is 0 Å². The van der Waals surface area contributed by atoms with E-state index in [-0.39, 0.29) is 18.7 Å². The predicted octanol–water partition coefficient (Wildman–Crippen LogP) is 3.30. The summed E-state index contributed by atoms with van der Waals surface area (Å²) < 4.78 is 10.6. The van der Waals surface area contributed by atoms with Crippen molar-refractivity contribution in [3.05, 3.63) is 59.7 Å². The molecule has 2 aliphatic rings. The molecule has 1 amide bonds. The normalized spacial score (nSPS) is 17.1. The zero-order valence-corrected chi connectivity index (χ0v) is 12.1. The monoisotopic (exact) mass is 295 g/mol. The summed E-state index contributed by atoms with van der Waals surface area (Å²) in [6.45, 7) is 0.217. The first-order valence-electron chi connectivity index (χ1n) is 7.57. The molecule has 1 unspecified atom stereocenters. The molecule has 2 aromatic carbocycles. The number of amides is 1. The van der Waals surface area contributed by atoms with Gasteiger partial charge in [-0.05, 0) is 42.5 Å². The fourth-order valence-electron chi connectivity index (χ4n) is 2.83. The molecule has 1 saturated carbocycles. The van der Waals surface area contributed by atoms with Crippen molar-refractivity contribution in [3.8, 4) is 11.5 Å². The number of benzene rings is 2. The number of carbonyl (C=O) groups is 1. The van der Waals surface area contributed by atoms with Crippen molar-refractivity contribution < 1.29 is 14.3 Å². The molecule has 1 atom stereocenters. The van der Waals surface area contributed by atoms with Gasteiger partial charge in [0.1, 0.15) is 0 Å². The van der Waals surface area contributed by atoms with Crippen molar-refractivity contribution in [2.75, 3.05) is 6.79 Å². The van der Waals surface area contributed by atoms with Gasteiger partial charge < -0.3 is 14.8 Å². The highest BCUT2D eigenvalue weighted by molar-refractivity contribution is 5.95. The van der Waals surface area contributed by atoms with Crippen LogP contribution in [0.2, 0.25) is 0 Å². The van der Waals surface area contributed by atoms with Gasteiger partial charge in [-0.15, -0.1) is 0 Å². The summed E-state index contributed by atoms with van der Waals surface area (Å²) in [7, 11) is 0. The fourth-order valence-corrected chi connectivity index (χ4v) is 2.83. The molecule has 0 bridgehead atoms. The standard InChI is InChI=1S/C18H17NO3/c20-18(14-8-9-15-16(10-14)22-11-21-15)19-17(13-6-7-13)12-4-2-1-3-5-12/h1-5,8-10,13,17H,6-7,11H2,(H,19,20). The Morgan fingerprint density at radius 3 is 2.59 bits per heavy atom. The van der Waals surface area contributed by atoms with E-state index in [1.54, 1.807) is 18.2 Å². The first-order chi connectivity index (χ1) is 10.8. The van der Waals surface area contributed by atoms with Gasteiger partial charge in [-0.25, -0.2) is 0 Å². The molecule has 22 heavy (non-hydrogen) atoms. The first-order valence-corrected chi connectivity index (χ1v) is 7.57. The maximum Gasteiger partial charge on any atom is 0.251 e. The van der Waals surface area contributed by atoms with Crippen LogP contribution in [-0.2, 0) is 0 Å². The Kier molecular flexibility index (Phi) is 3.22. The third kappa shape index (κ3) is 2.52. The summed E-state index contributed by atoms with van der Waals surface area (Å²) >= 11 is 0. The molecule has 0 spiro atoms. The highest BCUT2D eigenvalue weighted by Crippen LogP contribution is 2.41. The molecule has 1 N–H and O–H groups in total. The van der Waals surface area contributed by atoms with Gasteiger partial charge in [-0.2, -0.15) is 0 Å². The molecule has 4 nitrogen and oxygen atoms in total. The number of hydrogen-bond donors (Lipinski definition) is 1. The van der Waals surface area contributed by atoms with Crippen LogP contribution >= 0.6 is 0 Å². The second-order valence-electron chi connectivity index (χ2n) is 5.77. The molecule has 0 radical (unpaired) electrons. The summed E-state index contributed by atoms with van der Waals surface area (Å²) in [6, 6.07) is 15.5. The van der Waals surface area contributed by atoms with Gasteiger partial charge in [-0.1, -0.05) is 30.3 Å². The Hall–Kier alpha value is -2.49. The Balaban J connectivity index is 1.55. The Labute approximate surface area is 129 Å². The van der Waals surface area contributed by atoms with Crippen LogP contribution in [0.15, 0.2) is 48.5 Å². The largest absolute Gasteiger partial charge is 0.454 e. The van der Waals surface area contributed by atoms with Crippen LogP contribution in [0, 0.1) is 5.92 Å². The number of rotatable bonds is 4. The number of carbonyl (C=O) groups excluding carboxylic acids is 1. The highest BCUT2D eigenvalue weighted by atomic mass is 16.7. The smallest absolute Gasteiger partial charge is 0.251 e. The van der Waals surface area contributed by atoms with E-state index >= 15 is 0 Å². The van der Waals surface area contributed by atoms with Gasteiger partial charge in [0.2, 0.25) is 6.79 Å². The summed E-state index contributed by atoms with van der Waals surface area (Å²) in [6.07, 6.45) is 2.34. The average Bonchev–Trinajstić information content (AvgIpc) is 3.29. The van der Waals surface area contributed by atoms with Crippen LogP contribution < -0.4 is 14.8 Å². The second kappa shape index (κ2) is 5.37. The maximum atomic E-state index is 12.6. The zero-order chi connectivity index (χ0) is 14.9. The lowest BCUT2D eigenvalue weighted by atomic mass is 10.0. The molecule has 0 aromatic heterocycles. The highest BCUT2D eigenvalue weighted by Gasteiger charge is 2.33. The average molecular weight is 295 g/mol. The van der Waals surface area contributed by atoms with Crippen molar-refractivity contribution >= 4 is 5.91 Å². The van der Waals surface area contributed by atoms with Gasteiger partial charge in [0.25, 0.3) is 5.91 Å². The number of fused-ring (bicyclic) bond motifs is 1. The van der Waals surface area contributed by atoms with Crippen molar-refractivity contribution in [2.24, 2.45) is 5.92 Å². The lowest BCUT2D eigenvalue weighted by Crippen LogP contribution is -2.29. The number of nitrogens with one attached hydrogen (secondary N) is 1. The van der Waals surface area contributed by atoms with Crippen LogP contribution in [0.5, 0.6) is 11.5 Å². The Morgan fingerprint density at radius 1 is 1.05 bits per heavy atom. The van der Waals surface area contributed by atoms with Crippen LogP contribution in [0.4, 0.5) is 0 Å². The van der Waals surface area contributed by atoms with E-state index in [0.29, 0.717) is 23.0 Å². The topological polar surface area (TPSA) is 47.6 Å². The SMILES string of the molecule is O=C(NC(c1ccccc1)C1CC1)c1ccc2c(c1)OCO2. The van der Waals surface area contributed by atoms with E-state index in [4.69, 9.17) is 9.47 Å². The molecule has 2 aromatic rings. The third-order valence-electron chi connectivity index (χ3n) is 4.17. The molecule has 1 fully saturated rings. The van der Waals surface area contributed by atoms with E-state index in [1.807, 2.05) is 18.2 Å². The van der Waals surface area contributed by atoms with Crippen molar-refractivity contribution in [1.82, 2.24) is 5.32 Å². The van der Waals surface area contributed by atoms with E-state index < -0.39 is 0 Å². The summed E-state index contributed by atoms with van der Waals surface area (Å²) in [5, 5.41) is 3.17. The van der Waals surface area contributed by atoms with E-state index in [1.165, 1.54) is 18.4 Å². The summed E-state index contributed by atoms with van der Waals surface area (Å²) in [5.41, 5.74) is 1.77. The van der Waals surface area contributed by atoms with Gasteiger partial charge in [0.15, 0.2) is 11.5 Å². The number of ether oxygens (including phenoxy) is 2. The first kappa shape index (κ1) is 13.2. The molecule has 1 heterocycles. The summed E-state index contributed by atoms with van der Waals surface area (Å²) in [5.74, 6) is 1.80. The molecule has 1 aliphatic carbocycles. The zero-order valence-electron chi connectivity index (χ0n) is 12.1. The molecule has 0 saturated heterocycles. The molecule has 112 valence electrons. The van der Waals surface area contributed by atoms with Crippen LogP contribution in [-0.4, -0.2) is 12.7 Å². The maximum absolute atomic E-state index is 12.6. The van der Waals surface area contributed by atoms with Gasteiger partial charge in [0, 0.05) is 5.56 Å². The minimum atomic E-state index is -0.0703. The molecular formula is C18H17NO3. The van der Waals surface area contributed by atoms with Crippen LogP contribution in [0.1, 0.15) is 34.8 Å². The molecular weight excluding hydrogens is 278 g/mol. The predicted molar refractivity (Wildman–Crippen MR) is 81.9 cm³/mol. The lowest BCUT2D eigenvalue weighted by Gasteiger charge is -2.19. The molecule has 4 heteroatoms. The van der Waals surface area contributed by atoms with Crippen molar-refractivity contribution in [3.63, 3.8) is 0 Å². The quantitative estimate of drug-likeness (QED) is 0.941. The molecule has 1 aliphatic heterocycles. The van der Waals surface area contributed by atoms with E-state index in [0.717, 1.165) is 0 Å². The molecule has 4 rings (SSSR count). The number of hydrogen-bond acceptors (Lipinski definition) is 3. The Bertz CT molecular complexity index is 695. The van der Waals surface area contributed by atoms with Gasteiger partial charge in [-0.3, -0.25) is 4.79 Å². The van der Waals surface area contributed by atoms with E-state index in [2.05, 4.69) is 17.4 Å². The van der Waals surface area contributed by atoms with Crippen LogP contribution in [0.25, 0.3) is 0 Å².